The molecule has 2 atom stereocenters. The molecular formula is C28H33N3O3. The maximum absolute atomic E-state index is 13.4. The molecule has 0 unspecified atom stereocenters. The predicted molar refractivity (Wildman–Crippen MR) is 134 cm³/mol. The van der Waals surface area contributed by atoms with Crippen molar-refractivity contribution >= 4 is 23.6 Å². The van der Waals surface area contributed by atoms with Gasteiger partial charge in [0.2, 0.25) is 5.91 Å². The highest BCUT2D eigenvalue weighted by Gasteiger charge is 2.39. The third-order valence-electron chi connectivity index (χ3n) is 7.35. The SMILES string of the molecule is O=C(C=Cc1ccccc1)N1CC[C@H]2[C@H](CCCN2C(=O)c2ccc(N3CCOCC3)cc2)C1. The van der Waals surface area contributed by atoms with Crippen LogP contribution in [0.1, 0.15) is 35.2 Å². The van der Waals surface area contributed by atoms with Gasteiger partial charge in [-0.05, 0) is 61.1 Å². The van der Waals surface area contributed by atoms with E-state index >= 15 is 0 Å². The molecule has 5 rings (SSSR count). The summed E-state index contributed by atoms with van der Waals surface area (Å²) in [7, 11) is 0. The molecule has 2 aromatic carbocycles. The minimum Gasteiger partial charge on any atom is -0.378 e. The normalized spacial score (nSPS) is 23.1. The summed E-state index contributed by atoms with van der Waals surface area (Å²) in [6.07, 6.45) is 6.45. The summed E-state index contributed by atoms with van der Waals surface area (Å²) in [5.41, 5.74) is 2.92. The van der Waals surface area contributed by atoms with Crippen molar-refractivity contribution in [1.29, 1.82) is 0 Å². The number of anilines is 1. The second kappa shape index (κ2) is 10.4. The van der Waals surface area contributed by atoms with Crippen LogP contribution in [-0.4, -0.2) is 73.6 Å². The van der Waals surface area contributed by atoms with Gasteiger partial charge in [0.1, 0.15) is 0 Å². The maximum Gasteiger partial charge on any atom is 0.254 e. The standard InChI is InChI=1S/C28H33N3O3/c32-27(13-8-22-5-2-1-3-6-22)30-16-14-26-24(21-30)7-4-15-31(26)28(33)23-9-11-25(12-10-23)29-17-19-34-20-18-29/h1-3,5-6,8-13,24,26H,4,7,14-21H2/t24-,26+/m1/s1. The summed E-state index contributed by atoms with van der Waals surface area (Å²) in [4.78, 5) is 32.5. The van der Waals surface area contributed by atoms with E-state index in [9.17, 15) is 9.59 Å². The molecule has 0 spiro atoms. The zero-order valence-electron chi connectivity index (χ0n) is 19.6. The molecule has 34 heavy (non-hydrogen) atoms. The van der Waals surface area contributed by atoms with Crippen LogP contribution < -0.4 is 4.90 Å². The number of ether oxygens (including phenoxy) is 1. The number of carbonyl (C=O) groups is 2. The smallest absolute Gasteiger partial charge is 0.254 e. The largest absolute Gasteiger partial charge is 0.378 e. The molecule has 0 saturated carbocycles. The molecule has 3 fully saturated rings. The van der Waals surface area contributed by atoms with Crippen LogP contribution in [0.4, 0.5) is 5.69 Å². The summed E-state index contributed by atoms with van der Waals surface area (Å²) >= 11 is 0. The van der Waals surface area contributed by atoms with Crippen molar-refractivity contribution in [3.8, 4) is 0 Å². The Morgan fingerprint density at radius 1 is 0.882 bits per heavy atom. The minimum absolute atomic E-state index is 0.0597. The van der Waals surface area contributed by atoms with Crippen LogP contribution in [0.15, 0.2) is 60.7 Å². The van der Waals surface area contributed by atoms with E-state index < -0.39 is 0 Å². The number of rotatable bonds is 4. The molecule has 2 amide bonds. The number of fused-ring (bicyclic) bond motifs is 1. The van der Waals surface area contributed by atoms with E-state index in [1.807, 2.05) is 53.4 Å². The van der Waals surface area contributed by atoms with E-state index in [4.69, 9.17) is 4.74 Å². The van der Waals surface area contributed by atoms with Crippen molar-refractivity contribution in [2.45, 2.75) is 25.3 Å². The minimum atomic E-state index is 0.0597. The van der Waals surface area contributed by atoms with Crippen molar-refractivity contribution in [2.24, 2.45) is 5.92 Å². The van der Waals surface area contributed by atoms with E-state index in [2.05, 4.69) is 21.9 Å². The average Bonchev–Trinajstić information content (AvgIpc) is 2.92. The Labute approximate surface area is 201 Å². The lowest BCUT2D eigenvalue weighted by Gasteiger charge is -2.47. The first kappa shape index (κ1) is 22.7. The number of likely N-dealkylation sites (tertiary alicyclic amines) is 2. The van der Waals surface area contributed by atoms with Gasteiger partial charge in [-0.25, -0.2) is 0 Å². The zero-order chi connectivity index (χ0) is 23.3. The number of hydrogen-bond acceptors (Lipinski definition) is 4. The van der Waals surface area contributed by atoms with Gasteiger partial charge in [0, 0.05) is 56.1 Å². The highest BCUT2D eigenvalue weighted by molar-refractivity contribution is 5.95. The Bertz CT molecular complexity index is 1010. The first-order valence-corrected chi connectivity index (χ1v) is 12.4. The van der Waals surface area contributed by atoms with Gasteiger partial charge in [-0.3, -0.25) is 9.59 Å². The molecule has 2 aromatic rings. The van der Waals surface area contributed by atoms with Crippen LogP contribution in [-0.2, 0) is 9.53 Å². The van der Waals surface area contributed by atoms with Crippen molar-refractivity contribution in [3.63, 3.8) is 0 Å². The van der Waals surface area contributed by atoms with E-state index in [0.29, 0.717) is 12.5 Å². The fourth-order valence-electron chi connectivity index (χ4n) is 5.50. The average molecular weight is 460 g/mol. The van der Waals surface area contributed by atoms with Gasteiger partial charge < -0.3 is 19.4 Å². The summed E-state index contributed by atoms with van der Waals surface area (Å²) in [5, 5.41) is 0. The van der Waals surface area contributed by atoms with E-state index in [1.54, 1.807) is 6.08 Å². The summed E-state index contributed by atoms with van der Waals surface area (Å²) in [6, 6.07) is 18.1. The van der Waals surface area contributed by atoms with Gasteiger partial charge in [0.15, 0.2) is 0 Å². The third kappa shape index (κ3) is 5.02. The quantitative estimate of drug-likeness (QED) is 0.655. The van der Waals surface area contributed by atoms with Gasteiger partial charge in [0.05, 0.1) is 13.2 Å². The van der Waals surface area contributed by atoms with Crippen LogP contribution in [0.2, 0.25) is 0 Å². The molecule has 0 radical (unpaired) electrons. The molecule has 6 heteroatoms. The molecule has 0 aromatic heterocycles. The Hall–Kier alpha value is -3.12. The van der Waals surface area contributed by atoms with Crippen LogP contribution in [0, 0.1) is 5.92 Å². The van der Waals surface area contributed by atoms with Crippen molar-refractivity contribution < 1.29 is 14.3 Å². The first-order chi connectivity index (χ1) is 16.7. The predicted octanol–water partition coefficient (Wildman–Crippen LogP) is 3.69. The Morgan fingerprint density at radius 3 is 2.41 bits per heavy atom. The Morgan fingerprint density at radius 2 is 1.65 bits per heavy atom. The first-order valence-electron chi connectivity index (χ1n) is 12.4. The lowest BCUT2D eigenvalue weighted by atomic mass is 9.83. The molecular weight excluding hydrogens is 426 g/mol. The summed E-state index contributed by atoms with van der Waals surface area (Å²) in [5.74, 6) is 0.518. The Kier molecular flexibility index (Phi) is 6.95. The third-order valence-corrected chi connectivity index (χ3v) is 7.35. The van der Waals surface area contributed by atoms with Crippen LogP contribution >= 0.6 is 0 Å². The van der Waals surface area contributed by atoms with Crippen molar-refractivity contribution in [2.75, 3.05) is 50.8 Å². The van der Waals surface area contributed by atoms with Crippen molar-refractivity contribution in [1.82, 2.24) is 9.80 Å². The van der Waals surface area contributed by atoms with Crippen LogP contribution in [0.25, 0.3) is 6.08 Å². The molecule has 3 aliphatic heterocycles. The molecule has 0 bridgehead atoms. The maximum atomic E-state index is 13.4. The second-order valence-corrected chi connectivity index (χ2v) is 9.43. The van der Waals surface area contributed by atoms with Gasteiger partial charge in [-0.1, -0.05) is 30.3 Å². The molecule has 3 saturated heterocycles. The number of nitrogens with zero attached hydrogens (tertiary/aromatic N) is 3. The van der Waals surface area contributed by atoms with Gasteiger partial charge in [0.25, 0.3) is 5.91 Å². The molecule has 3 heterocycles. The number of hydrogen-bond donors (Lipinski definition) is 0. The fourth-order valence-corrected chi connectivity index (χ4v) is 5.50. The highest BCUT2D eigenvalue weighted by atomic mass is 16.5. The number of carbonyl (C=O) groups excluding carboxylic acids is 2. The lowest BCUT2D eigenvalue weighted by Crippen LogP contribution is -2.56. The number of morpholine rings is 1. The van der Waals surface area contributed by atoms with Crippen molar-refractivity contribution in [3.05, 3.63) is 71.8 Å². The summed E-state index contributed by atoms with van der Waals surface area (Å²) < 4.78 is 5.44. The molecule has 0 N–H and O–H groups in total. The second-order valence-electron chi connectivity index (χ2n) is 9.43. The number of benzene rings is 2. The monoisotopic (exact) mass is 459 g/mol. The number of amides is 2. The fraction of sp³-hybridized carbons (Fsp3) is 0.429. The topological polar surface area (TPSA) is 53.1 Å². The number of piperidine rings is 2. The molecule has 6 nitrogen and oxygen atoms in total. The summed E-state index contributed by atoms with van der Waals surface area (Å²) in [6.45, 7) is 5.49. The van der Waals surface area contributed by atoms with Gasteiger partial charge >= 0.3 is 0 Å². The van der Waals surface area contributed by atoms with Crippen LogP contribution in [0.5, 0.6) is 0 Å². The Balaban J connectivity index is 1.21. The molecule has 3 aliphatic rings. The molecule has 0 aliphatic carbocycles. The lowest BCUT2D eigenvalue weighted by molar-refractivity contribution is -0.129. The van der Waals surface area contributed by atoms with Crippen LogP contribution in [0.3, 0.4) is 0 Å². The van der Waals surface area contributed by atoms with E-state index in [0.717, 1.165) is 75.5 Å². The van der Waals surface area contributed by atoms with E-state index in [1.165, 1.54) is 0 Å². The highest BCUT2D eigenvalue weighted by Crippen LogP contribution is 2.32. The van der Waals surface area contributed by atoms with E-state index in [-0.39, 0.29) is 17.9 Å². The van der Waals surface area contributed by atoms with Gasteiger partial charge in [-0.2, -0.15) is 0 Å². The van der Waals surface area contributed by atoms with Gasteiger partial charge in [-0.15, -0.1) is 0 Å². The zero-order valence-corrected chi connectivity index (χ0v) is 19.6. The molecule has 178 valence electrons.